The van der Waals surface area contributed by atoms with Crippen LogP contribution in [-0.2, 0) is 18.0 Å². The molecule has 288 valence electrons. The number of nitrogen functional groups attached to an aromatic ring is 1. The van der Waals surface area contributed by atoms with Crippen LogP contribution in [0, 0.1) is 0 Å². The summed E-state index contributed by atoms with van der Waals surface area (Å²) in [6.45, 7) is 42.1. The van der Waals surface area contributed by atoms with Crippen molar-refractivity contribution < 1.29 is 18.0 Å². The molecule has 0 spiro atoms. The Morgan fingerprint density at radius 1 is 0.700 bits per heavy atom. The Labute approximate surface area is 306 Å². The molecule has 1 aliphatic heterocycles. The second-order valence-corrected chi connectivity index (χ2v) is 34.0. The summed E-state index contributed by atoms with van der Waals surface area (Å²) in [6, 6.07) is 0. The molecule has 0 unspecified atom stereocenters. The largest absolute Gasteiger partial charge is 0.413 e. The highest BCUT2D eigenvalue weighted by atomic mass is 28.4. The van der Waals surface area contributed by atoms with Gasteiger partial charge in [-0.15, -0.1) is 0 Å². The molecule has 50 heavy (non-hydrogen) atoms. The van der Waals surface area contributed by atoms with Crippen molar-refractivity contribution in [3.63, 3.8) is 0 Å². The number of ether oxygens (including phenoxy) is 1. The van der Waals surface area contributed by atoms with E-state index >= 15 is 0 Å². The van der Waals surface area contributed by atoms with Gasteiger partial charge in [0.05, 0.1) is 12.9 Å². The van der Waals surface area contributed by atoms with Gasteiger partial charge in [-0.25, -0.2) is 4.98 Å². The van der Waals surface area contributed by atoms with Gasteiger partial charge in [0.15, 0.2) is 25.7 Å². The maximum absolute atomic E-state index is 13.0. The van der Waals surface area contributed by atoms with Crippen LogP contribution in [0.15, 0.2) is 11.1 Å². The van der Waals surface area contributed by atoms with Crippen molar-refractivity contribution in [3.8, 4) is 0 Å². The Balaban J connectivity index is 2.39. The second-order valence-electron chi connectivity index (χ2n) is 17.8. The van der Waals surface area contributed by atoms with Crippen LogP contribution in [0.3, 0.4) is 0 Å². The SMILES string of the molecule is CC(C)[Si](OC[C@H]1O[C@@H](n2cnc3c(=O)[nH]c(N)nc32)[C@H](O[Si](C(C)C)(C(C)C)C(C)C)[C@@H]1O[Si](C(C)C)(C(C)C)C(C)C)(C(C)C)C(C)C. The standard InChI is InChI=1S/C37H73N5O5Si3/c1-21(2)48(22(3)4,23(5)6)44-19-30-32(46-49(24(7)8,25(9)10)26(11)12)33(47-50(27(13)14,28(15)16)29(17)18)36(45-30)42-20-39-31-34(42)40-37(38)41-35(31)43/h20-30,32-33,36H,19H2,1-18H3,(H3,38,40,41,43)/t30-,32-,33-,36-/m1/s1. The van der Waals surface area contributed by atoms with Crippen LogP contribution in [0.25, 0.3) is 11.2 Å². The number of nitrogens with one attached hydrogen (secondary N) is 1. The van der Waals surface area contributed by atoms with Gasteiger partial charge in [0.2, 0.25) is 22.6 Å². The fraction of sp³-hybridized carbons (Fsp3) is 0.865. The van der Waals surface area contributed by atoms with Crippen LogP contribution in [-0.4, -0.2) is 69.4 Å². The Hall–Kier alpha value is -1.36. The molecule has 1 fully saturated rings. The minimum Gasteiger partial charge on any atom is -0.413 e. The number of rotatable bonds is 17. The number of aromatic amines is 1. The van der Waals surface area contributed by atoms with E-state index in [1.807, 2.05) is 4.57 Å². The van der Waals surface area contributed by atoms with Crippen molar-refractivity contribution in [2.45, 2.75) is 199 Å². The number of nitrogens with zero attached hydrogens (tertiary/aromatic N) is 3. The summed E-state index contributed by atoms with van der Waals surface area (Å²) in [6.07, 6.45) is -0.298. The minimum atomic E-state index is -2.50. The van der Waals surface area contributed by atoms with E-state index in [1.54, 1.807) is 6.33 Å². The number of nitrogens with two attached hydrogens (primary N) is 1. The molecule has 10 nitrogen and oxygen atoms in total. The Morgan fingerprint density at radius 3 is 1.50 bits per heavy atom. The molecule has 0 aliphatic carbocycles. The van der Waals surface area contributed by atoms with Gasteiger partial charge in [-0.05, 0) is 49.9 Å². The molecule has 0 radical (unpaired) electrons. The molecule has 3 heterocycles. The van der Waals surface area contributed by atoms with Crippen LogP contribution in [0.5, 0.6) is 0 Å². The number of H-pyrrole nitrogens is 1. The lowest BCUT2D eigenvalue weighted by atomic mass is 10.1. The second kappa shape index (κ2) is 16.3. The molecular formula is C37H73N5O5Si3. The summed E-state index contributed by atoms with van der Waals surface area (Å²) in [5.41, 5.74) is 9.67. The molecule has 3 rings (SSSR count). The van der Waals surface area contributed by atoms with Gasteiger partial charge in [-0.1, -0.05) is 125 Å². The first-order chi connectivity index (χ1) is 23.0. The molecule has 0 saturated carbocycles. The quantitative estimate of drug-likeness (QED) is 0.153. The molecule has 1 saturated heterocycles. The van der Waals surface area contributed by atoms with E-state index in [2.05, 4.69) is 140 Å². The Morgan fingerprint density at radius 2 is 1.10 bits per heavy atom. The fourth-order valence-electron chi connectivity index (χ4n) is 10.5. The van der Waals surface area contributed by atoms with Crippen LogP contribution >= 0.6 is 0 Å². The monoisotopic (exact) mass is 751 g/mol. The summed E-state index contributed by atoms with van der Waals surface area (Å²) in [7, 11) is -7.23. The van der Waals surface area contributed by atoms with E-state index in [1.165, 1.54) is 0 Å². The first kappa shape index (κ1) is 43.0. The van der Waals surface area contributed by atoms with E-state index in [9.17, 15) is 4.79 Å². The van der Waals surface area contributed by atoms with Crippen molar-refractivity contribution in [2.24, 2.45) is 0 Å². The van der Waals surface area contributed by atoms with Crippen molar-refractivity contribution >= 4 is 42.1 Å². The number of hydrogen-bond donors (Lipinski definition) is 2. The molecule has 4 atom stereocenters. The topological polar surface area (TPSA) is 127 Å². The summed E-state index contributed by atoms with van der Waals surface area (Å²) in [5.74, 6) is 0.0371. The van der Waals surface area contributed by atoms with E-state index < -0.39 is 49.5 Å². The molecule has 2 aromatic heterocycles. The summed E-state index contributed by atoms with van der Waals surface area (Å²) < 4.78 is 32.1. The maximum atomic E-state index is 13.0. The van der Waals surface area contributed by atoms with Crippen molar-refractivity contribution in [1.82, 2.24) is 19.5 Å². The van der Waals surface area contributed by atoms with Crippen molar-refractivity contribution in [3.05, 3.63) is 16.7 Å². The van der Waals surface area contributed by atoms with Crippen molar-refractivity contribution in [2.75, 3.05) is 12.3 Å². The lowest BCUT2D eigenvalue weighted by molar-refractivity contribution is -0.0479. The molecule has 0 aromatic carbocycles. The van der Waals surface area contributed by atoms with Gasteiger partial charge in [0, 0.05) is 0 Å². The number of imidazole rings is 1. The zero-order valence-electron chi connectivity index (χ0n) is 34.8. The highest BCUT2D eigenvalue weighted by Crippen LogP contribution is 2.51. The Bertz CT molecular complexity index is 1390. The van der Waals surface area contributed by atoms with Gasteiger partial charge in [-0.3, -0.25) is 14.3 Å². The van der Waals surface area contributed by atoms with E-state index in [0.29, 0.717) is 62.1 Å². The molecule has 2 aromatic rings. The average Bonchev–Trinajstić information content (AvgIpc) is 3.53. The van der Waals surface area contributed by atoms with Crippen LogP contribution in [0.2, 0.25) is 49.9 Å². The van der Waals surface area contributed by atoms with Crippen LogP contribution in [0.4, 0.5) is 5.95 Å². The molecule has 13 heteroatoms. The molecule has 0 amide bonds. The van der Waals surface area contributed by atoms with Gasteiger partial charge in [0.25, 0.3) is 5.56 Å². The first-order valence-electron chi connectivity index (χ1n) is 19.4. The normalized spacial score (nSPS) is 21.4. The zero-order valence-corrected chi connectivity index (χ0v) is 37.8. The van der Waals surface area contributed by atoms with Crippen LogP contribution in [0.1, 0.15) is 131 Å². The molecule has 1 aliphatic rings. The highest BCUT2D eigenvalue weighted by molar-refractivity contribution is 6.78. The van der Waals surface area contributed by atoms with Gasteiger partial charge >= 0.3 is 0 Å². The van der Waals surface area contributed by atoms with Gasteiger partial charge in [0.1, 0.15) is 18.3 Å². The average molecular weight is 752 g/mol. The molecule has 0 bridgehead atoms. The molecular weight excluding hydrogens is 679 g/mol. The summed E-state index contributed by atoms with van der Waals surface area (Å²) in [4.78, 5) is 24.7. The smallest absolute Gasteiger partial charge is 0.280 e. The maximum Gasteiger partial charge on any atom is 0.280 e. The first-order valence-corrected chi connectivity index (χ1v) is 25.8. The van der Waals surface area contributed by atoms with Gasteiger partial charge in [-0.2, -0.15) is 4.98 Å². The third kappa shape index (κ3) is 7.52. The number of hydrogen-bond acceptors (Lipinski definition) is 8. The predicted octanol–water partition coefficient (Wildman–Crippen LogP) is 9.91. The van der Waals surface area contributed by atoms with Gasteiger partial charge < -0.3 is 23.7 Å². The minimum absolute atomic E-state index is 0.0371. The van der Waals surface area contributed by atoms with Crippen molar-refractivity contribution in [1.29, 1.82) is 0 Å². The lowest BCUT2D eigenvalue weighted by Gasteiger charge is -2.49. The highest BCUT2D eigenvalue weighted by Gasteiger charge is 2.59. The number of fused-ring (bicyclic) bond motifs is 1. The lowest BCUT2D eigenvalue weighted by Crippen LogP contribution is -2.58. The molecule has 3 N–H and O–H groups in total. The van der Waals surface area contributed by atoms with Crippen LogP contribution < -0.4 is 11.3 Å². The van der Waals surface area contributed by atoms with E-state index in [4.69, 9.17) is 23.7 Å². The predicted molar refractivity (Wildman–Crippen MR) is 215 cm³/mol. The number of anilines is 1. The third-order valence-corrected chi connectivity index (χ3v) is 30.6. The zero-order chi connectivity index (χ0) is 38.3. The van der Waals surface area contributed by atoms with E-state index in [0.717, 1.165) is 0 Å². The van der Waals surface area contributed by atoms with E-state index in [-0.39, 0.29) is 17.0 Å². The summed E-state index contributed by atoms with van der Waals surface area (Å²) in [5, 5.41) is 0. The number of aromatic nitrogens is 4. The third-order valence-electron chi connectivity index (χ3n) is 12.3. The summed E-state index contributed by atoms with van der Waals surface area (Å²) >= 11 is 0. The fourth-order valence-corrected chi connectivity index (χ4v) is 27.0. The Kier molecular flexibility index (Phi) is 14.1.